The van der Waals surface area contributed by atoms with Crippen LogP contribution in [0.2, 0.25) is 0 Å². The summed E-state index contributed by atoms with van der Waals surface area (Å²) in [7, 11) is 1.48. The van der Waals surface area contributed by atoms with Crippen molar-refractivity contribution in [3.05, 3.63) is 35.6 Å². The van der Waals surface area contributed by atoms with Gasteiger partial charge in [0.15, 0.2) is 0 Å². The zero-order valence-electron chi connectivity index (χ0n) is 24.1. The fourth-order valence-corrected chi connectivity index (χ4v) is 4.70. The maximum absolute atomic E-state index is 11.3. The van der Waals surface area contributed by atoms with Crippen molar-refractivity contribution in [2.24, 2.45) is 11.8 Å². The highest BCUT2D eigenvalue weighted by atomic mass is 32.5. The van der Waals surface area contributed by atoms with Crippen molar-refractivity contribution in [1.29, 1.82) is 0 Å². The predicted molar refractivity (Wildman–Crippen MR) is 153 cm³/mol. The van der Waals surface area contributed by atoms with Crippen LogP contribution < -0.4 is 5.09 Å². The second kappa shape index (κ2) is 21.6. The first kappa shape index (κ1) is 36.7. The summed E-state index contributed by atoms with van der Waals surface area (Å²) in [5.41, 5.74) is 0.952. The number of nitrogens with one attached hydrogen (secondary N) is 1. The van der Waals surface area contributed by atoms with Crippen LogP contribution in [0.4, 0.5) is 0 Å². The number of carbonyl (C=O) groups excluding carboxylic acids is 2. The Morgan fingerprint density at radius 3 is 2.14 bits per heavy atom. The summed E-state index contributed by atoms with van der Waals surface area (Å²) in [6.07, 6.45) is 11.8. The molecule has 0 rings (SSSR count). The lowest BCUT2D eigenvalue weighted by molar-refractivity contribution is -0.141. The number of hydrogen-bond donors (Lipinski definition) is 1. The molecule has 9 heteroatoms. The topological polar surface area (TPSA) is 83.1 Å². The molecule has 0 aliphatic carbocycles. The summed E-state index contributed by atoms with van der Waals surface area (Å²) < 4.78 is 20.4. The molecule has 210 valence electrons. The van der Waals surface area contributed by atoms with Crippen LogP contribution in [-0.2, 0) is 39.9 Å². The number of allylic oxidation sites excluding steroid dienone is 4. The summed E-state index contributed by atoms with van der Waals surface area (Å²) >= 11 is 5.18. The number of hydrogen-bond acceptors (Lipinski definition) is 7. The Balaban J connectivity index is 0. The van der Waals surface area contributed by atoms with Crippen molar-refractivity contribution in [2.45, 2.75) is 94.1 Å². The smallest absolute Gasteiger partial charge is 0.334 e. The Morgan fingerprint density at radius 2 is 1.64 bits per heavy atom. The van der Waals surface area contributed by atoms with Gasteiger partial charge in [-0.1, -0.05) is 59.1 Å². The number of esters is 2. The SMILES string of the molecule is CCNP(=S)(OC)O/C(C)=C/C(=O)OC(C)C.CCOC(=O)/C=C(C)/C=C/CC(C)CCCC(C)C. The summed E-state index contributed by atoms with van der Waals surface area (Å²) in [6, 6.07) is 0. The van der Waals surface area contributed by atoms with Gasteiger partial charge >= 0.3 is 18.6 Å². The second-order valence-corrected chi connectivity index (χ2v) is 12.5. The molecule has 0 aromatic carbocycles. The first-order chi connectivity index (χ1) is 16.8. The van der Waals surface area contributed by atoms with Gasteiger partial charge in [-0.15, -0.1) is 0 Å². The molecule has 7 nitrogen and oxygen atoms in total. The minimum atomic E-state index is -2.54. The molecule has 0 heterocycles. The highest BCUT2D eigenvalue weighted by Crippen LogP contribution is 2.45. The molecule has 0 radical (unpaired) electrons. The van der Waals surface area contributed by atoms with E-state index < -0.39 is 12.6 Å². The van der Waals surface area contributed by atoms with Crippen LogP contribution in [0.3, 0.4) is 0 Å². The molecule has 36 heavy (non-hydrogen) atoms. The van der Waals surface area contributed by atoms with Crippen LogP contribution in [0, 0.1) is 11.8 Å². The largest absolute Gasteiger partial charge is 0.463 e. The summed E-state index contributed by atoms with van der Waals surface area (Å²) in [4.78, 5) is 22.6. The molecule has 2 atom stereocenters. The molecule has 2 unspecified atom stereocenters. The van der Waals surface area contributed by atoms with Gasteiger partial charge in [0.05, 0.1) is 18.8 Å². The predicted octanol–water partition coefficient (Wildman–Crippen LogP) is 7.24. The molecular weight excluding hydrogens is 497 g/mol. The summed E-state index contributed by atoms with van der Waals surface area (Å²) in [5.74, 6) is 1.19. The molecule has 0 saturated heterocycles. The third-order valence-electron chi connectivity index (χ3n) is 4.56. The van der Waals surface area contributed by atoms with Crippen LogP contribution in [0.15, 0.2) is 35.6 Å². The Bertz CT molecular complexity index is 761. The van der Waals surface area contributed by atoms with Crippen molar-refractivity contribution in [3.63, 3.8) is 0 Å². The first-order valence-corrected chi connectivity index (χ1v) is 15.4. The van der Waals surface area contributed by atoms with Gasteiger partial charge in [-0.2, -0.15) is 0 Å². The fourth-order valence-electron chi connectivity index (χ4n) is 2.87. The van der Waals surface area contributed by atoms with E-state index in [0.29, 0.717) is 24.8 Å². The van der Waals surface area contributed by atoms with E-state index in [1.54, 1.807) is 26.8 Å². The van der Waals surface area contributed by atoms with Gasteiger partial charge in [0.1, 0.15) is 5.76 Å². The van der Waals surface area contributed by atoms with Gasteiger partial charge in [-0.05, 0) is 70.3 Å². The van der Waals surface area contributed by atoms with Gasteiger partial charge in [0.2, 0.25) is 0 Å². The molecule has 0 aromatic rings. The van der Waals surface area contributed by atoms with Crippen LogP contribution in [-0.4, -0.2) is 38.3 Å². The van der Waals surface area contributed by atoms with E-state index in [1.165, 1.54) is 32.4 Å². The van der Waals surface area contributed by atoms with Gasteiger partial charge < -0.3 is 18.5 Å². The average molecular weight is 548 g/mol. The van der Waals surface area contributed by atoms with E-state index in [4.69, 9.17) is 30.3 Å². The Morgan fingerprint density at radius 1 is 1.00 bits per heavy atom. The molecule has 0 aliphatic rings. The molecule has 0 bridgehead atoms. The lowest BCUT2D eigenvalue weighted by Crippen LogP contribution is -2.13. The molecule has 0 aromatic heterocycles. The van der Waals surface area contributed by atoms with Crippen LogP contribution in [0.5, 0.6) is 0 Å². The van der Waals surface area contributed by atoms with Gasteiger partial charge in [0.25, 0.3) is 0 Å². The highest BCUT2D eigenvalue weighted by Gasteiger charge is 2.17. The molecule has 0 amide bonds. The average Bonchev–Trinajstić information content (AvgIpc) is 2.73. The third kappa shape index (κ3) is 23.0. The Kier molecular flexibility index (Phi) is 22.0. The zero-order valence-corrected chi connectivity index (χ0v) is 25.8. The highest BCUT2D eigenvalue weighted by molar-refractivity contribution is 8.09. The van der Waals surface area contributed by atoms with Crippen molar-refractivity contribution in [1.82, 2.24) is 5.09 Å². The van der Waals surface area contributed by atoms with E-state index in [1.807, 2.05) is 26.8 Å². The molecule has 0 spiro atoms. The zero-order chi connectivity index (χ0) is 28.1. The molecule has 0 fully saturated rings. The van der Waals surface area contributed by atoms with Gasteiger partial charge in [-0.3, -0.25) is 0 Å². The monoisotopic (exact) mass is 547 g/mol. The summed E-state index contributed by atoms with van der Waals surface area (Å²) in [6.45, 7) is 16.2. The van der Waals surface area contributed by atoms with Gasteiger partial charge in [-0.25, -0.2) is 14.7 Å². The van der Waals surface area contributed by atoms with Crippen molar-refractivity contribution < 1.29 is 28.1 Å². The normalized spacial score (nSPS) is 14.8. The Hall–Kier alpha value is -1.47. The van der Waals surface area contributed by atoms with E-state index in [2.05, 4.69) is 31.9 Å². The number of ether oxygens (including phenoxy) is 2. The minimum Gasteiger partial charge on any atom is -0.463 e. The van der Waals surface area contributed by atoms with Crippen molar-refractivity contribution >= 4 is 30.4 Å². The van der Waals surface area contributed by atoms with E-state index >= 15 is 0 Å². The van der Waals surface area contributed by atoms with E-state index in [9.17, 15) is 9.59 Å². The summed E-state index contributed by atoms with van der Waals surface area (Å²) in [5, 5.41) is 2.94. The quantitative estimate of drug-likeness (QED) is 0.0712. The van der Waals surface area contributed by atoms with Crippen molar-refractivity contribution in [3.8, 4) is 0 Å². The van der Waals surface area contributed by atoms with Crippen LogP contribution >= 0.6 is 6.64 Å². The first-order valence-electron chi connectivity index (χ1n) is 12.8. The maximum atomic E-state index is 11.3. The second-order valence-electron chi connectivity index (χ2n) is 9.23. The third-order valence-corrected chi connectivity index (χ3v) is 7.33. The standard InChI is InChI=1S/C17H30O2.C10H20NO4PS/c1-6-19-17(18)13-16(5)12-8-11-15(4)10-7-9-14(2)3;1-6-11-16(17,13-5)15-9(4)7-10(12)14-8(2)3/h8,12-15H,6-7,9-11H2,1-5H3;7-8H,6H2,1-5H3,(H,11,17)/b12-8+,16-13+;9-7+. The maximum Gasteiger partial charge on any atom is 0.334 e. The van der Waals surface area contributed by atoms with Gasteiger partial charge in [0, 0.05) is 19.7 Å². The fraction of sp³-hybridized carbons (Fsp3) is 0.704. The van der Waals surface area contributed by atoms with Crippen LogP contribution in [0.1, 0.15) is 88.0 Å². The van der Waals surface area contributed by atoms with Crippen LogP contribution in [0.25, 0.3) is 0 Å². The lowest BCUT2D eigenvalue weighted by atomic mass is 9.97. The molecule has 0 aliphatic heterocycles. The van der Waals surface area contributed by atoms with E-state index in [-0.39, 0.29) is 12.1 Å². The molecular formula is C27H50NO6PS. The van der Waals surface area contributed by atoms with E-state index in [0.717, 1.165) is 17.9 Å². The molecule has 0 saturated carbocycles. The minimum absolute atomic E-state index is 0.161. The lowest BCUT2D eigenvalue weighted by Gasteiger charge is -2.21. The van der Waals surface area contributed by atoms with Crippen molar-refractivity contribution in [2.75, 3.05) is 20.3 Å². The number of rotatable bonds is 16. The number of carbonyl (C=O) groups is 2. The Labute approximate surface area is 225 Å². The molecule has 1 N–H and O–H groups in total.